The average molecular weight is 162 g/mol. The molecule has 0 amide bonds. The number of methoxy groups -OCH3 is 1. The first kappa shape index (κ1) is 13.0. The van der Waals surface area contributed by atoms with Gasteiger partial charge in [0.1, 0.15) is 0 Å². The minimum Gasteiger partial charge on any atom is -0.726 e. The van der Waals surface area contributed by atoms with Crippen LogP contribution in [0, 0.1) is 0 Å². The Kier molecular flexibility index (Phi) is 8.04. The molecule has 0 fully saturated rings. The fourth-order valence-electron chi connectivity index (χ4n) is 0.219. The average Bonchev–Trinajstić information content (AvgIpc) is 1.63. The van der Waals surface area contributed by atoms with Crippen molar-refractivity contribution in [3.05, 3.63) is 0 Å². The summed E-state index contributed by atoms with van der Waals surface area (Å²) >= 11 is 0. The molecule has 0 aromatic carbocycles. The van der Waals surface area contributed by atoms with Crippen LogP contribution < -0.4 is 18.9 Å². The van der Waals surface area contributed by atoms with E-state index < -0.39 is 10.4 Å². The molecular weight excluding hydrogens is 155 g/mol. The summed E-state index contributed by atoms with van der Waals surface area (Å²) in [6.07, 6.45) is 0. The van der Waals surface area contributed by atoms with Gasteiger partial charge < -0.3 is 9.29 Å². The van der Waals surface area contributed by atoms with E-state index >= 15 is 0 Å². The minimum absolute atomic E-state index is 0. The number of rotatable bonds is 4. The summed E-state index contributed by atoms with van der Waals surface area (Å²) in [5, 5.41) is 0. The van der Waals surface area contributed by atoms with Crippen molar-refractivity contribution in [1.29, 1.82) is 0 Å². The van der Waals surface area contributed by atoms with Crippen LogP contribution in [0.3, 0.4) is 0 Å². The van der Waals surface area contributed by atoms with Crippen LogP contribution in [-0.2, 0) is 19.3 Å². The van der Waals surface area contributed by atoms with Gasteiger partial charge in [0.2, 0.25) is 10.4 Å². The van der Waals surface area contributed by atoms with E-state index in [-0.39, 0.29) is 32.1 Å². The third-order valence-corrected chi connectivity index (χ3v) is 0.970. The first-order chi connectivity index (χ1) is 4.06. The molecule has 0 saturated carbocycles. The summed E-state index contributed by atoms with van der Waals surface area (Å²) in [6, 6.07) is 0. The molecule has 0 aliphatic rings. The maximum Gasteiger partial charge on any atom is 1.00 e. The molecule has 0 saturated heterocycles. The van der Waals surface area contributed by atoms with Gasteiger partial charge in [-0.05, 0) is 0 Å². The molecule has 0 radical (unpaired) electrons. The molecule has 5 nitrogen and oxygen atoms in total. The Morgan fingerprint density at radius 2 is 1.90 bits per heavy atom. The first-order valence-corrected chi connectivity index (χ1v) is 3.49. The van der Waals surface area contributed by atoms with Gasteiger partial charge in [-0.15, -0.1) is 0 Å². The van der Waals surface area contributed by atoms with Crippen molar-refractivity contribution in [2.24, 2.45) is 0 Å². The fourth-order valence-corrected chi connectivity index (χ4v) is 0.492. The van der Waals surface area contributed by atoms with Gasteiger partial charge in [0.05, 0.1) is 13.2 Å². The van der Waals surface area contributed by atoms with E-state index in [4.69, 9.17) is 0 Å². The SMILES string of the molecule is COCCOS(=O)(=O)[O-].[Li+]. The molecule has 10 heavy (non-hydrogen) atoms. The second-order valence-electron chi connectivity index (χ2n) is 1.22. The minimum atomic E-state index is -4.53. The Balaban J connectivity index is 0. The molecule has 0 bridgehead atoms. The van der Waals surface area contributed by atoms with Crippen LogP contribution in [0.1, 0.15) is 0 Å². The maximum atomic E-state index is 9.67. The zero-order valence-electron chi connectivity index (χ0n) is 5.86. The van der Waals surface area contributed by atoms with E-state index in [2.05, 4.69) is 8.92 Å². The van der Waals surface area contributed by atoms with Crippen LogP contribution in [0.25, 0.3) is 0 Å². The van der Waals surface area contributed by atoms with E-state index in [0.29, 0.717) is 0 Å². The predicted molar refractivity (Wildman–Crippen MR) is 27.5 cm³/mol. The van der Waals surface area contributed by atoms with Crippen LogP contribution in [-0.4, -0.2) is 33.3 Å². The van der Waals surface area contributed by atoms with E-state index in [1.54, 1.807) is 0 Å². The summed E-state index contributed by atoms with van der Waals surface area (Å²) in [4.78, 5) is 0. The van der Waals surface area contributed by atoms with Crippen LogP contribution in [0.2, 0.25) is 0 Å². The third-order valence-electron chi connectivity index (χ3n) is 0.515. The molecule has 0 aromatic heterocycles. The number of hydrogen-bond acceptors (Lipinski definition) is 5. The second-order valence-corrected chi connectivity index (χ2v) is 2.28. The van der Waals surface area contributed by atoms with Gasteiger partial charge in [-0.3, -0.25) is 4.18 Å². The van der Waals surface area contributed by atoms with Crippen molar-refractivity contribution in [1.82, 2.24) is 0 Å². The molecule has 0 aliphatic carbocycles. The Hall–Kier alpha value is 0.427. The van der Waals surface area contributed by atoms with Crippen molar-refractivity contribution >= 4 is 10.4 Å². The summed E-state index contributed by atoms with van der Waals surface area (Å²) in [7, 11) is -3.15. The quantitative estimate of drug-likeness (QED) is 0.183. The summed E-state index contributed by atoms with van der Waals surface area (Å²) in [5.74, 6) is 0. The molecule has 0 heterocycles. The molecule has 0 unspecified atom stereocenters. The van der Waals surface area contributed by atoms with Gasteiger partial charge >= 0.3 is 18.9 Å². The van der Waals surface area contributed by atoms with Crippen molar-refractivity contribution < 1.29 is 40.8 Å². The number of hydrogen-bond donors (Lipinski definition) is 0. The first-order valence-electron chi connectivity index (χ1n) is 2.15. The molecule has 0 aliphatic heterocycles. The Bertz CT molecular complexity index is 152. The van der Waals surface area contributed by atoms with Crippen LogP contribution in [0.5, 0.6) is 0 Å². The zero-order valence-corrected chi connectivity index (χ0v) is 6.68. The maximum absolute atomic E-state index is 9.67. The molecule has 0 spiro atoms. The molecular formula is C3H7LiO5S. The fraction of sp³-hybridized carbons (Fsp3) is 1.00. The van der Waals surface area contributed by atoms with Gasteiger partial charge in [0.25, 0.3) is 0 Å². The van der Waals surface area contributed by atoms with E-state index in [0.717, 1.165) is 0 Å². The van der Waals surface area contributed by atoms with Gasteiger partial charge in [0.15, 0.2) is 0 Å². The van der Waals surface area contributed by atoms with Gasteiger partial charge in [-0.1, -0.05) is 0 Å². The monoisotopic (exact) mass is 162 g/mol. The van der Waals surface area contributed by atoms with Crippen LogP contribution in [0.15, 0.2) is 0 Å². The van der Waals surface area contributed by atoms with Crippen molar-refractivity contribution in [3.8, 4) is 0 Å². The normalized spacial score (nSPS) is 10.6. The smallest absolute Gasteiger partial charge is 0.726 e. The van der Waals surface area contributed by atoms with Crippen molar-refractivity contribution in [3.63, 3.8) is 0 Å². The second kappa shape index (κ2) is 6.16. The third kappa shape index (κ3) is 11.3. The number of ether oxygens (including phenoxy) is 1. The summed E-state index contributed by atoms with van der Waals surface area (Å²) < 4.78 is 37.2. The van der Waals surface area contributed by atoms with Crippen molar-refractivity contribution in [2.45, 2.75) is 0 Å². The summed E-state index contributed by atoms with van der Waals surface area (Å²) in [5.41, 5.74) is 0. The largest absolute Gasteiger partial charge is 1.00 e. The molecule has 0 aromatic rings. The standard InChI is InChI=1S/C3H8O5S.Li/c1-7-2-3-8-9(4,5)6;/h2-3H2,1H3,(H,4,5,6);/q;+1/p-1. The molecule has 0 atom stereocenters. The Labute approximate surface area is 71.8 Å². The van der Waals surface area contributed by atoms with Gasteiger partial charge in [0, 0.05) is 7.11 Å². The predicted octanol–water partition coefficient (Wildman–Crippen LogP) is -3.89. The molecule has 56 valence electrons. The van der Waals surface area contributed by atoms with Crippen molar-refractivity contribution in [2.75, 3.05) is 20.3 Å². The van der Waals surface area contributed by atoms with E-state index in [9.17, 15) is 13.0 Å². The van der Waals surface area contributed by atoms with Gasteiger partial charge in [-0.25, -0.2) is 8.42 Å². The Morgan fingerprint density at radius 3 is 2.20 bits per heavy atom. The topological polar surface area (TPSA) is 75.7 Å². The molecule has 0 N–H and O–H groups in total. The van der Waals surface area contributed by atoms with Crippen LogP contribution in [0.4, 0.5) is 0 Å². The van der Waals surface area contributed by atoms with E-state index in [1.165, 1.54) is 7.11 Å². The van der Waals surface area contributed by atoms with E-state index in [1.807, 2.05) is 0 Å². The molecule has 7 heteroatoms. The Morgan fingerprint density at radius 1 is 1.40 bits per heavy atom. The zero-order chi connectivity index (χ0) is 7.33. The van der Waals surface area contributed by atoms with Gasteiger partial charge in [-0.2, -0.15) is 0 Å². The molecule has 0 rings (SSSR count). The summed E-state index contributed by atoms with van der Waals surface area (Å²) in [6.45, 7) is -0.121. The van der Waals surface area contributed by atoms with Crippen LogP contribution >= 0.6 is 0 Å².